The minimum atomic E-state index is 0.798. The third-order valence-electron chi connectivity index (χ3n) is 3.19. The number of anilines is 1. The van der Waals surface area contributed by atoms with Crippen LogP contribution in [0.1, 0.15) is 12.8 Å². The summed E-state index contributed by atoms with van der Waals surface area (Å²) in [4.78, 5) is 13.4. The minimum absolute atomic E-state index is 0.798. The molecule has 0 spiro atoms. The number of aromatic nitrogens is 2. The zero-order valence-electron chi connectivity index (χ0n) is 10.6. The molecule has 0 saturated carbocycles. The number of nitrogens with two attached hydrogens (primary N) is 1. The molecule has 2 heterocycles. The van der Waals surface area contributed by atoms with E-state index in [1.54, 1.807) is 12.4 Å². The first-order chi connectivity index (χ1) is 8.79. The van der Waals surface area contributed by atoms with E-state index in [2.05, 4.69) is 35.7 Å². The lowest BCUT2D eigenvalue weighted by atomic mass is 10.2. The van der Waals surface area contributed by atoms with Crippen molar-refractivity contribution in [1.29, 1.82) is 0 Å². The van der Waals surface area contributed by atoms with Crippen molar-refractivity contribution in [2.24, 2.45) is 5.73 Å². The van der Waals surface area contributed by atoms with E-state index in [1.807, 2.05) is 0 Å². The summed E-state index contributed by atoms with van der Waals surface area (Å²) >= 11 is 3.35. The number of piperazine rings is 1. The van der Waals surface area contributed by atoms with Crippen molar-refractivity contribution in [2.75, 3.05) is 44.2 Å². The summed E-state index contributed by atoms with van der Waals surface area (Å²) in [6.07, 6.45) is 5.92. The lowest BCUT2D eigenvalue weighted by Gasteiger charge is -2.34. The second-order valence-electron chi connectivity index (χ2n) is 4.53. The van der Waals surface area contributed by atoms with E-state index in [1.165, 1.54) is 6.42 Å². The van der Waals surface area contributed by atoms with Crippen LogP contribution in [0, 0.1) is 0 Å². The highest BCUT2D eigenvalue weighted by molar-refractivity contribution is 9.10. The zero-order chi connectivity index (χ0) is 12.8. The Labute approximate surface area is 117 Å². The molecule has 1 aliphatic heterocycles. The summed E-state index contributed by atoms with van der Waals surface area (Å²) in [7, 11) is 0. The molecule has 1 aromatic rings. The maximum Gasteiger partial charge on any atom is 0.225 e. The van der Waals surface area contributed by atoms with Gasteiger partial charge >= 0.3 is 0 Å². The molecule has 0 atom stereocenters. The van der Waals surface area contributed by atoms with Gasteiger partial charge in [-0.25, -0.2) is 9.97 Å². The number of unbranched alkanes of at least 4 members (excludes halogenated alkanes) is 1. The molecule has 0 unspecified atom stereocenters. The van der Waals surface area contributed by atoms with Gasteiger partial charge in [0.25, 0.3) is 0 Å². The predicted molar refractivity (Wildman–Crippen MR) is 76.7 cm³/mol. The van der Waals surface area contributed by atoms with Crippen LogP contribution in [0.15, 0.2) is 16.9 Å². The van der Waals surface area contributed by atoms with Crippen molar-refractivity contribution in [3.8, 4) is 0 Å². The maximum atomic E-state index is 5.51. The number of nitrogens with zero attached hydrogens (tertiary/aromatic N) is 4. The average molecular weight is 314 g/mol. The Hall–Kier alpha value is -0.720. The summed E-state index contributed by atoms with van der Waals surface area (Å²) in [6, 6.07) is 0. The number of rotatable bonds is 5. The van der Waals surface area contributed by atoms with Crippen molar-refractivity contribution in [3.63, 3.8) is 0 Å². The Balaban J connectivity index is 1.77. The second-order valence-corrected chi connectivity index (χ2v) is 5.44. The fourth-order valence-electron chi connectivity index (χ4n) is 2.12. The third kappa shape index (κ3) is 3.90. The molecule has 2 N–H and O–H groups in total. The number of hydrogen-bond donors (Lipinski definition) is 1. The first-order valence-corrected chi connectivity index (χ1v) is 7.24. The van der Waals surface area contributed by atoms with E-state index in [9.17, 15) is 0 Å². The van der Waals surface area contributed by atoms with E-state index in [0.717, 1.165) is 56.1 Å². The molecule has 0 aliphatic carbocycles. The van der Waals surface area contributed by atoms with E-state index >= 15 is 0 Å². The molecule has 1 aromatic heterocycles. The van der Waals surface area contributed by atoms with E-state index < -0.39 is 0 Å². The molecule has 18 heavy (non-hydrogen) atoms. The van der Waals surface area contributed by atoms with Crippen molar-refractivity contribution in [1.82, 2.24) is 14.9 Å². The average Bonchev–Trinajstić information content (AvgIpc) is 2.41. The molecular formula is C12H20BrN5. The molecule has 1 aliphatic rings. The Morgan fingerprint density at radius 1 is 1.11 bits per heavy atom. The van der Waals surface area contributed by atoms with Gasteiger partial charge in [0.05, 0.1) is 4.47 Å². The largest absolute Gasteiger partial charge is 0.338 e. The highest BCUT2D eigenvalue weighted by Gasteiger charge is 2.18. The van der Waals surface area contributed by atoms with E-state index in [0.29, 0.717) is 0 Å². The summed E-state index contributed by atoms with van der Waals surface area (Å²) in [6.45, 7) is 6.14. The molecule has 1 saturated heterocycles. The van der Waals surface area contributed by atoms with Gasteiger partial charge in [0.1, 0.15) is 0 Å². The summed E-state index contributed by atoms with van der Waals surface area (Å²) in [5.74, 6) is 0.833. The SMILES string of the molecule is NCCCCN1CCN(c2ncc(Br)cn2)CC1. The highest BCUT2D eigenvalue weighted by Crippen LogP contribution is 2.13. The van der Waals surface area contributed by atoms with Crippen LogP contribution in [0.5, 0.6) is 0 Å². The molecule has 0 amide bonds. The van der Waals surface area contributed by atoms with Crippen LogP contribution in [0.4, 0.5) is 5.95 Å². The van der Waals surface area contributed by atoms with Crippen LogP contribution in [-0.2, 0) is 0 Å². The number of hydrogen-bond acceptors (Lipinski definition) is 5. The number of halogens is 1. The predicted octanol–water partition coefficient (Wildman–Crippen LogP) is 1.10. The van der Waals surface area contributed by atoms with Gasteiger partial charge in [0, 0.05) is 38.6 Å². The van der Waals surface area contributed by atoms with Gasteiger partial charge < -0.3 is 10.6 Å². The van der Waals surface area contributed by atoms with Crippen molar-refractivity contribution in [3.05, 3.63) is 16.9 Å². The first-order valence-electron chi connectivity index (χ1n) is 6.44. The van der Waals surface area contributed by atoms with Crippen LogP contribution >= 0.6 is 15.9 Å². The zero-order valence-corrected chi connectivity index (χ0v) is 12.1. The lowest BCUT2D eigenvalue weighted by molar-refractivity contribution is 0.252. The smallest absolute Gasteiger partial charge is 0.225 e. The van der Waals surface area contributed by atoms with Gasteiger partial charge in [-0.1, -0.05) is 0 Å². The molecule has 5 nitrogen and oxygen atoms in total. The maximum absolute atomic E-state index is 5.51. The van der Waals surface area contributed by atoms with Crippen LogP contribution in [0.25, 0.3) is 0 Å². The van der Waals surface area contributed by atoms with Gasteiger partial charge in [-0.2, -0.15) is 0 Å². The van der Waals surface area contributed by atoms with Gasteiger partial charge in [0.2, 0.25) is 5.95 Å². The third-order valence-corrected chi connectivity index (χ3v) is 3.60. The first kappa shape index (κ1) is 13.7. The van der Waals surface area contributed by atoms with Crippen LogP contribution in [-0.4, -0.2) is 54.1 Å². The van der Waals surface area contributed by atoms with E-state index in [-0.39, 0.29) is 0 Å². The normalized spacial score (nSPS) is 17.1. The molecule has 0 radical (unpaired) electrons. The van der Waals surface area contributed by atoms with Gasteiger partial charge in [-0.15, -0.1) is 0 Å². The van der Waals surface area contributed by atoms with Crippen LogP contribution in [0.3, 0.4) is 0 Å². The lowest BCUT2D eigenvalue weighted by Crippen LogP contribution is -2.47. The molecule has 6 heteroatoms. The molecule has 2 rings (SSSR count). The van der Waals surface area contributed by atoms with Gasteiger partial charge in [-0.3, -0.25) is 4.90 Å². The fourth-order valence-corrected chi connectivity index (χ4v) is 2.32. The summed E-state index contributed by atoms with van der Waals surface area (Å²) in [5.41, 5.74) is 5.51. The summed E-state index contributed by atoms with van der Waals surface area (Å²) in [5, 5.41) is 0. The van der Waals surface area contributed by atoms with Crippen molar-refractivity contribution < 1.29 is 0 Å². The van der Waals surface area contributed by atoms with Crippen LogP contribution < -0.4 is 10.6 Å². The topological polar surface area (TPSA) is 58.3 Å². The molecule has 0 aromatic carbocycles. The Bertz CT molecular complexity index is 348. The molecule has 0 bridgehead atoms. The molecule has 1 fully saturated rings. The van der Waals surface area contributed by atoms with Gasteiger partial charge in [0.15, 0.2) is 0 Å². The molecular weight excluding hydrogens is 294 g/mol. The van der Waals surface area contributed by atoms with E-state index in [4.69, 9.17) is 5.73 Å². The monoisotopic (exact) mass is 313 g/mol. The standard InChI is InChI=1S/C12H20BrN5/c13-11-9-15-12(16-10-11)18-7-5-17(6-8-18)4-2-1-3-14/h9-10H,1-8,14H2. The molecule has 100 valence electrons. The Kier molecular flexibility index (Phi) is 5.34. The minimum Gasteiger partial charge on any atom is -0.338 e. The van der Waals surface area contributed by atoms with Crippen LogP contribution in [0.2, 0.25) is 0 Å². The Morgan fingerprint density at radius 3 is 2.39 bits per heavy atom. The fraction of sp³-hybridized carbons (Fsp3) is 0.667. The summed E-state index contributed by atoms with van der Waals surface area (Å²) < 4.78 is 0.923. The van der Waals surface area contributed by atoms with Gasteiger partial charge in [-0.05, 0) is 41.9 Å². The second kappa shape index (κ2) is 7.01. The quantitative estimate of drug-likeness (QED) is 0.825. The van der Waals surface area contributed by atoms with Crippen molar-refractivity contribution in [2.45, 2.75) is 12.8 Å². The Morgan fingerprint density at radius 2 is 1.78 bits per heavy atom. The highest BCUT2D eigenvalue weighted by atomic mass is 79.9. The van der Waals surface area contributed by atoms with Crippen molar-refractivity contribution >= 4 is 21.9 Å².